The number of benzene rings is 4. The fourth-order valence-corrected chi connectivity index (χ4v) is 4.91. The van der Waals surface area contributed by atoms with E-state index in [1.807, 2.05) is 121 Å². The molecule has 0 amide bonds. The minimum atomic E-state index is -4.42. The molecule has 6 rings (SSSR count). The van der Waals surface area contributed by atoms with Crippen molar-refractivity contribution >= 4 is 21.5 Å². The molecule has 0 aliphatic heterocycles. The summed E-state index contributed by atoms with van der Waals surface area (Å²) >= 11 is 0. The molecule has 0 saturated carbocycles. The Morgan fingerprint density at radius 1 is 0.678 bits per heavy atom. The largest absolute Gasteiger partial charge is 0.493 e. The number of hydrogen-bond donors (Lipinski definition) is 4. The Hall–Kier alpha value is -6.09. The van der Waals surface area contributed by atoms with Gasteiger partial charge in [-0.15, -0.1) is 0 Å². The zero-order valence-corrected chi connectivity index (χ0v) is 36.2. The Bertz CT molecular complexity index is 2220. The van der Waals surface area contributed by atoms with Gasteiger partial charge >= 0.3 is 10.1 Å². The number of ether oxygens (including phenoxy) is 2. The summed E-state index contributed by atoms with van der Waals surface area (Å²) in [5, 5.41) is 9.53. The Balaban J connectivity index is 0.000000322. The fourth-order valence-electron chi connectivity index (χ4n) is 4.82. The number of oxazole rings is 2. The predicted octanol–water partition coefficient (Wildman–Crippen LogP) is 10.7. The predicted molar refractivity (Wildman–Crippen MR) is 235 cm³/mol. The Kier molecular flexibility index (Phi) is 21.0. The second-order valence-corrected chi connectivity index (χ2v) is 13.7. The van der Waals surface area contributed by atoms with Gasteiger partial charge in [-0.05, 0) is 107 Å². The minimum absolute atomic E-state index is 0.546. The summed E-state index contributed by atoms with van der Waals surface area (Å²) in [5.74, 6) is 4.67. The van der Waals surface area contributed by atoms with Gasteiger partial charge in [-0.3, -0.25) is 4.55 Å². The number of rotatable bonds is 13. The van der Waals surface area contributed by atoms with Crippen LogP contribution in [-0.2, 0) is 27.8 Å². The van der Waals surface area contributed by atoms with Gasteiger partial charge in [0, 0.05) is 42.4 Å². The van der Waals surface area contributed by atoms with E-state index in [1.54, 1.807) is 0 Å². The highest BCUT2D eigenvalue weighted by Gasteiger charge is 2.13. The lowest BCUT2D eigenvalue weighted by molar-refractivity contribution is -0.193. The van der Waals surface area contributed by atoms with Gasteiger partial charge in [0.05, 0.1) is 24.6 Å². The lowest BCUT2D eigenvalue weighted by atomic mass is 10.1. The van der Waals surface area contributed by atoms with Crippen LogP contribution in [0.1, 0.15) is 61.7 Å². The van der Waals surface area contributed by atoms with Crippen LogP contribution in [-0.4, -0.2) is 48.5 Å². The molecule has 59 heavy (non-hydrogen) atoms. The van der Waals surface area contributed by atoms with E-state index in [4.69, 9.17) is 33.9 Å². The maximum absolute atomic E-state index is 9.73. The van der Waals surface area contributed by atoms with Crippen LogP contribution < -0.4 is 20.5 Å². The number of anilines is 2. The van der Waals surface area contributed by atoms with Gasteiger partial charge in [0.2, 0.25) is 11.8 Å². The van der Waals surface area contributed by atoms with E-state index in [-0.39, 0.29) is 0 Å². The van der Waals surface area contributed by atoms with Gasteiger partial charge < -0.3 is 34.2 Å². The lowest BCUT2D eigenvalue weighted by Crippen LogP contribution is -2.02. The molecule has 0 aliphatic carbocycles. The van der Waals surface area contributed by atoms with Crippen molar-refractivity contribution in [2.75, 3.05) is 31.3 Å². The third-order valence-electron chi connectivity index (χ3n) is 8.01. The van der Waals surface area contributed by atoms with E-state index >= 15 is 0 Å². The molecule has 0 radical (unpaired) electrons. The van der Waals surface area contributed by atoms with E-state index < -0.39 is 15.2 Å². The molecule has 14 heteroatoms. The number of nitrogens with one attached hydrogen (secondary N) is 1. The molecule has 0 fully saturated rings. The topological polar surface area (TPSA) is 192 Å². The van der Waals surface area contributed by atoms with Crippen LogP contribution >= 0.6 is 0 Å². The average molecular weight is 831 g/mol. The zero-order chi connectivity index (χ0) is 44.0. The number of aromatic nitrogens is 2. The molecule has 0 atom stereocenters. The molecular formula is C45H58N4O9S. The summed E-state index contributed by atoms with van der Waals surface area (Å²) in [7, 11) is -2.52. The van der Waals surface area contributed by atoms with E-state index in [0.29, 0.717) is 31.4 Å². The van der Waals surface area contributed by atoms with Crippen LogP contribution in [0.4, 0.5) is 11.4 Å². The molecule has 2 heterocycles. The van der Waals surface area contributed by atoms with Crippen LogP contribution in [0.15, 0.2) is 118 Å². The molecule has 318 valence electrons. The highest BCUT2D eigenvalue weighted by atomic mass is 32.2. The minimum Gasteiger partial charge on any atom is -0.493 e. The van der Waals surface area contributed by atoms with Crippen molar-refractivity contribution in [3.05, 3.63) is 143 Å². The molecule has 5 N–H and O–H groups in total. The maximum Gasteiger partial charge on any atom is 0.331 e. The number of hydrogen-bond acceptors (Lipinski definition) is 12. The quantitative estimate of drug-likeness (QED) is 0.0283. The first kappa shape index (κ1) is 49.1. The van der Waals surface area contributed by atoms with Crippen LogP contribution in [0.5, 0.6) is 11.5 Å². The molecule has 0 unspecified atom stereocenters. The first-order valence-corrected chi connectivity index (χ1v) is 20.6. The van der Waals surface area contributed by atoms with Gasteiger partial charge in [0.1, 0.15) is 23.0 Å². The normalized spacial score (nSPS) is 10.2. The van der Waals surface area contributed by atoms with Crippen molar-refractivity contribution in [2.45, 2.75) is 68.2 Å². The van der Waals surface area contributed by atoms with Gasteiger partial charge in [-0.25, -0.2) is 15.2 Å². The second kappa shape index (κ2) is 25.3. The third-order valence-corrected chi connectivity index (χ3v) is 8.66. The smallest absolute Gasteiger partial charge is 0.331 e. The van der Waals surface area contributed by atoms with Gasteiger partial charge in [-0.1, -0.05) is 63.1 Å². The summed E-state index contributed by atoms with van der Waals surface area (Å²) in [4.78, 5) is 12.3. The third kappa shape index (κ3) is 16.7. The van der Waals surface area contributed by atoms with Crippen molar-refractivity contribution in [2.24, 2.45) is 0 Å². The Morgan fingerprint density at radius 2 is 1.05 bits per heavy atom. The molecular weight excluding hydrogens is 773 g/mol. The summed E-state index contributed by atoms with van der Waals surface area (Å²) in [5.41, 5.74) is 13.7. The summed E-state index contributed by atoms with van der Waals surface area (Å²) in [6.45, 7) is 19.8. The van der Waals surface area contributed by atoms with E-state index in [2.05, 4.69) is 64.9 Å². The average Bonchev–Trinajstić information content (AvgIpc) is 3.81. The first-order valence-electron chi connectivity index (χ1n) is 19.2. The van der Waals surface area contributed by atoms with Crippen LogP contribution in [0, 0.1) is 27.7 Å². The lowest BCUT2D eigenvalue weighted by Gasteiger charge is -2.06. The summed E-state index contributed by atoms with van der Waals surface area (Å²) < 4.78 is 50.4. The molecule has 0 bridgehead atoms. The van der Waals surface area contributed by atoms with Crippen LogP contribution in [0.25, 0.3) is 22.9 Å². The molecule has 0 aliphatic rings. The van der Waals surface area contributed by atoms with Crippen LogP contribution in [0.3, 0.4) is 0 Å². The van der Waals surface area contributed by atoms with E-state index in [1.165, 1.54) is 11.1 Å². The van der Waals surface area contributed by atoms with Crippen molar-refractivity contribution in [1.82, 2.24) is 9.97 Å². The van der Waals surface area contributed by atoms with Gasteiger partial charge in [0.25, 0.3) is 5.09 Å². The molecule has 13 nitrogen and oxygen atoms in total. The maximum atomic E-state index is 9.73. The number of nitrogens with two attached hydrogens (primary N) is 1. The van der Waals surface area contributed by atoms with Crippen molar-refractivity contribution in [1.29, 1.82) is 0 Å². The van der Waals surface area contributed by atoms with Crippen molar-refractivity contribution in [3.63, 3.8) is 0 Å². The number of aryl methyl sites for hydroxylation is 4. The zero-order valence-electron chi connectivity index (χ0n) is 35.4. The van der Waals surface area contributed by atoms with Crippen LogP contribution in [0.2, 0.25) is 0 Å². The molecule has 0 spiro atoms. The molecule has 6 aromatic rings. The Morgan fingerprint density at radius 3 is 1.37 bits per heavy atom. The van der Waals surface area contributed by atoms with Crippen molar-refractivity contribution in [3.8, 4) is 34.4 Å². The van der Waals surface area contributed by atoms with E-state index in [0.717, 1.165) is 63.3 Å². The SMILES string of the molecule is C=C(OO)S(=O)(=O)O.CC.CC.CNc1ccc(OCCc2nc(-c3ccc(C)cc3)oc2C)cc1.Cc1ccc(-c2nc(CCOc3ccc(N)cc3)c(C)o2)cc1. The molecule has 2 aromatic heterocycles. The number of nitrogens with zero attached hydrogens (tertiary/aromatic N) is 2. The summed E-state index contributed by atoms with van der Waals surface area (Å²) in [6, 6.07) is 31.6. The van der Waals surface area contributed by atoms with E-state index in [9.17, 15) is 8.42 Å². The summed E-state index contributed by atoms with van der Waals surface area (Å²) in [6.07, 6.45) is 1.42. The first-order chi connectivity index (χ1) is 28.2. The standard InChI is InChI=1S/C20H22N2O2.C19H20N2O2.C2H4O5S.2C2H6/c1-14-4-6-16(7-5-14)20-22-19(15(2)24-20)12-13-23-18-10-8-17(21-3)9-11-18;1-13-3-5-15(6-4-13)19-21-18(14(2)23-19)11-12-22-17-9-7-16(20)8-10-17;1-2(7-3)8(4,5)6;2*1-2/h4-11,21H,12-13H2,1-3H3;3-10H,11-12,20H2,1-2H3;3H,1H2,(H,4,5,6);2*1-2H3. The Labute approximate surface area is 348 Å². The number of nitrogen functional groups attached to an aromatic ring is 1. The van der Waals surface area contributed by atoms with Gasteiger partial charge in [0.15, 0.2) is 0 Å². The molecule has 0 saturated heterocycles. The highest BCUT2D eigenvalue weighted by molar-refractivity contribution is 7.89. The van der Waals surface area contributed by atoms with Crippen molar-refractivity contribution < 1.29 is 41.4 Å². The fraction of sp³-hybridized carbons (Fsp3) is 0.289. The second-order valence-electron chi connectivity index (χ2n) is 12.3. The molecule has 4 aromatic carbocycles. The highest BCUT2D eigenvalue weighted by Crippen LogP contribution is 2.24. The van der Waals surface area contributed by atoms with Gasteiger partial charge in [-0.2, -0.15) is 8.42 Å². The monoisotopic (exact) mass is 830 g/mol.